The van der Waals surface area contributed by atoms with Gasteiger partial charge < -0.3 is 9.31 Å². The molecule has 0 N–H and O–H groups in total. The second-order valence-corrected chi connectivity index (χ2v) is 8.96. The van der Waals surface area contributed by atoms with Crippen LogP contribution in [0.3, 0.4) is 0 Å². The van der Waals surface area contributed by atoms with Gasteiger partial charge in [0.25, 0.3) is 5.92 Å². The van der Waals surface area contributed by atoms with Gasteiger partial charge in [0, 0.05) is 6.42 Å². The molecule has 4 rings (SSSR count). The molecule has 1 aromatic carbocycles. The Labute approximate surface area is 143 Å². The minimum atomic E-state index is -2.61. The second-order valence-electron chi connectivity index (χ2n) is 8.96. The maximum absolute atomic E-state index is 13.9. The summed E-state index contributed by atoms with van der Waals surface area (Å²) in [7, 11) is -0.497. The fourth-order valence-electron chi connectivity index (χ4n) is 3.48. The Balaban J connectivity index is 1.73. The summed E-state index contributed by atoms with van der Waals surface area (Å²) in [5, 5.41) is 0. The van der Waals surface area contributed by atoms with Crippen molar-refractivity contribution in [2.24, 2.45) is 0 Å². The van der Waals surface area contributed by atoms with Crippen LogP contribution >= 0.6 is 0 Å². The molecule has 1 aromatic rings. The van der Waals surface area contributed by atoms with E-state index < -0.39 is 29.7 Å². The van der Waals surface area contributed by atoms with Gasteiger partial charge in [-0.3, -0.25) is 0 Å². The zero-order valence-corrected chi connectivity index (χ0v) is 15.1. The van der Waals surface area contributed by atoms with E-state index in [1.54, 1.807) is 6.92 Å². The standard InChI is InChI=1S/C19H25BF2O2/c1-16(2)17(3,4)24-20(23-16)15-9-13(12-6-7-12)8-14(10-15)18(5)11-19(18,21)22/h8-10,12H,6-7,11H2,1-5H3. The average Bonchev–Trinajstić information content (AvgIpc) is 3.34. The van der Waals surface area contributed by atoms with Gasteiger partial charge in [-0.25, -0.2) is 8.78 Å². The van der Waals surface area contributed by atoms with E-state index in [1.807, 2.05) is 39.8 Å². The third kappa shape index (κ3) is 2.35. The number of hydrogen-bond donors (Lipinski definition) is 0. The summed E-state index contributed by atoms with van der Waals surface area (Å²) in [4.78, 5) is 0. The summed E-state index contributed by atoms with van der Waals surface area (Å²) >= 11 is 0. The Morgan fingerprint density at radius 1 is 0.958 bits per heavy atom. The molecule has 2 aliphatic carbocycles. The fourth-order valence-corrected chi connectivity index (χ4v) is 3.48. The summed E-state index contributed by atoms with van der Waals surface area (Å²) in [6, 6.07) is 5.94. The van der Waals surface area contributed by atoms with Gasteiger partial charge in [-0.1, -0.05) is 18.2 Å². The molecular formula is C19H25BF2O2. The molecule has 1 heterocycles. The molecule has 0 spiro atoms. The molecule has 0 radical (unpaired) electrons. The van der Waals surface area contributed by atoms with E-state index in [4.69, 9.17) is 9.31 Å². The molecule has 5 heteroatoms. The van der Waals surface area contributed by atoms with Crippen molar-refractivity contribution in [3.05, 3.63) is 29.3 Å². The average molecular weight is 334 g/mol. The Hall–Kier alpha value is -0.935. The lowest BCUT2D eigenvalue weighted by atomic mass is 9.75. The predicted octanol–water partition coefficient (Wildman–Crippen LogP) is 4.16. The summed E-state index contributed by atoms with van der Waals surface area (Å²) in [6.45, 7) is 9.70. The molecule has 1 atom stereocenters. The quantitative estimate of drug-likeness (QED) is 0.773. The van der Waals surface area contributed by atoms with Crippen LogP contribution in [-0.2, 0) is 14.7 Å². The van der Waals surface area contributed by atoms with Crippen LogP contribution in [0, 0.1) is 0 Å². The van der Waals surface area contributed by atoms with Crippen molar-refractivity contribution >= 4 is 12.6 Å². The summed E-state index contributed by atoms with van der Waals surface area (Å²) in [5.41, 5.74) is 0.845. The van der Waals surface area contributed by atoms with Gasteiger partial charge in [-0.2, -0.15) is 0 Å². The van der Waals surface area contributed by atoms with Crippen LogP contribution in [0.25, 0.3) is 0 Å². The largest absolute Gasteiger partial charge is 0.494 e. The first-order valence-electron chi connectivity index (χ1n) is 8.84. The zero-order valence-electron chi connectivity index (χ0n) is 15.1. The molecule has 1 aliphatic heterocycles. The van der Waals surface area contributed by atoms with E-state index in [0.717, 1.165) is 29.4 Å². The first-order valence-corrected chi connectivity index (χ1v) is 8.84. The molecular weight excluding hydrogens is 309 g/mol. The minimum absolute atomic E-state index is 0.0725. The van der Waals surface area contributed by atoms with Crippen LogP contribution in [0.4, 0.5) is 8.78 Å². The third-order valence-corrected chi connectivity index (χ3v) is 6.45. The van der Waals surface area contributed by atoms with Gasteiger partial charge in [-0.05, 0) is 70.0 Å². The highest BCUT2D eigenvalue weighted by atomic mass is 19.3. The molecule has 3 aliphatic rings. The van der Waals surface area contributed by atoms with E-state index in [2.05, 4.69) is 6.07 Å². The molecule has 0 amide bonds. The topological polar surface area (TPSA) is 18.5 Å². The van der Waals surface area contributed by atoms with Crippen LogP contribution < -0.4 is 5.46 Å². The molecule has 0 aromatic heterocycles. The van der Waals surface area contributed by atoms with Crippen LogP contribution in [-0.4, -0.2) is 24.2 Å². The van der Waals surface area contributed by atoms with Gasteiger partial charge in [0.15, 0.2) is 0 Å². The Bertz CT molecular complexity index is 681. The summed E-state index contributed by atoms with van der Waals surface area (Å²) < 4.78 is 40.1. The van der Waals surface area contributed by atoms with Gasteiger partial charge >= 0.3 is 7.12 Å². The van der Waals surface area contributed by atoms with Crippen molar-refractivity contribution < 1.29 is 18.1 Å². The van der Waals surface area contributed by atoms with Gasteiger partial charge in [-0.15, -0.1) is 0 Å². The maximum Gasteiger partial charge on any atom is 0.494 e. The first-order chi connectivity index (χ1) is 11.0. The molecule has 0 bridgehead atoms. The van der Waals surface area contributed by atoms with E-state index >= 15 is 0 Å². The van der Waals surface area contributed by atoms with Crippen molar-refractivity contribution in [1.29, 1.82) is 0 Å². The SMILES string of the molecule is CC1(C)OB(c2cc(C3CC3)cc(C3(C)CC3(F)F)c2)OC1(C)C. The van der Waals surface area contributed by atoms with E-state index in [-0.39, 0.29) is 6.42 Å². The molecule has 1 unspecified atom stereocenters. The predicted molar refractivity (Wildman–Crippen MR) is 91.0 cm³/mol. The van der Waals surface area contributed by atoms with Crippen molar-refractivity contribution in [1.82, 2.24) is 0 Å². The van der Waals surface area contributed by atoms with Crippen LogP contribution in [0.2, 0.25) is 0 Å². The molecule has 130 valence electrons. The Kier molecular flexibility index (Phi) is 3.18. The molecule has 2 saturated carbocycles. The zero-order chi connectivity index (χ0) is 17.5. The number of halogens is 2. The first kappa shape index (κ1) is 16.5. The van der Waals surface area contributed by atoms with Crippen LogP contribution in [0.5, 0.6) is 0 Å². The highest BCUT2D eigenvalue weighted by Crippen LogP contribution is 2.61. The van der Waals surface area contributed by atoms with Gasteiger partial charge in [0.05, 0.1) is 16.6 Å². The molecule has 24 heavy (non-hydrogen) atoms. The fraction of sp³-hybridized carbons (Fsp3) is 0.684. The lowest BCUT2D eigenvalue weighted by molar-refractivity contribution is 0.00578. The van der Waals surface area contributed by atoms with Crippen molar-refractivity contribution in [2.45, 2.75) is 82.3 Å². The Morgan fingerprint density at radius 2 is 1.50 bits per heavy atom. The molecule has 1 saturated heterocycles. The number of rotatable bonds is 3. The number of benzene rings is 1. The summed E-state index contributed by atoms with van der Waals surface area (Å²) in [6.07, 6.45) is 2.20. The van der Waals surface area contributed by atoms with Crippen molar-refractivity contribution in [3.63, 3.8) is 0 Å². The van der Waals surface area contributed by atoms with E-state index in [9.17, 15) is 8.78 Å². The number of alkyl halides is 2. The number of hydrogen-bond acceptors (Lipinski definition) is 2. The Morgan fingerprint density at radius 3 is 1.96 bits per heavy atom. The van der Waals surface area contributed by atoms with E-state index in [0.29, 0.717) is 5.92 Å². The molecule has 2 nitrogen and oxygen atoms in total. The lowest BCUT2D eigenvalue weighted by Gasteiger charge is -2.32. The van der Waals surface area contributed by atoms with Gasteiger partial charge in [0.2, 0.25) is 0 Å². The molecule has 3 fully saturated rings. The van der Waals surface area contributed by atoms with Crippen LogP contribution in [0.15, 0.2) is 18.2 Å². The van der Waals surface area contributed by atoms with Crippen molar-refractivity contribution in [2.75, 3.05) is 0 Å². The highest BCUT2D eigenvalue weighted by molar-refractivity contribution is 6.62. The lowest BCUT2D eigenvalue weighted by Crippen LogP contribution is -2.41. The monoisotopic (exact) mass is 334 g/mol. The normalized spacial score (nSPS) is 32.9. The highest BCUT2D eigenvalue weighted by Gasteiger charge is 2.68. The van der Waals surface area contributed by atoms with Crippen molar-refractivity contribution in [3.8, 4) is 0 Å². The second kappa shape index (κ2) is 4.61. The smallest absolute Gasteiger partial charge is 0.399 e. The maximum atomic E-state index is 13.9. The summed E-state index contributed by atoms with van der Waals surface area (Å²) in [5.74, 6) is -2.11. The van der Waals surface area contributed by atoms with Crippen LogP contribution in [0.1, 0.15) is 70.9 Å². The van der Waals surface area contributed by atoms with Gasteiger partial charge in [0.1, 0.15) is 0 Å². The van der Waals surface area contributed by atoms with E-state index in [1.165, 1.54) is 0 Å². The third-order valence-electron chi connectivity index (χ3n) is 6.45. The minimum Gasteiger partial charge on any atom is -0.399 e.